The van der Waals surface area contributed by atoms with Crippen LogP contribution in [0.15, 0.2) is 18.2 Å². The molecule has 1 N–H and O–H groups in total. The van der Waals surface area contributed by atoms with E-state index < -0.39 is 30.3 Å². The minimum Gasteiger partial charge on any atom is -0.310 e. The largest absolute Gasteiger partial charge is 0.390 e. The van der Waals surface area contributed by atoms with Crippen LogP contribution in [0.3, 0.4) is 0 Å². The van der Waals surface area contributed by atoms with Gasteiger partial charge in [-0.05, 0) is 25.1 Å². The molecule has 1 rings (SSSR count). The Balaban J connectivity index is 2.58. The second-order valence-electron chi connectivity index (χ2n) is 3.71. The van der Waals surface area contributed by atoms with Gasteiger partial charge in [-0.2, -0.15) is 13.2 Å². The molecule has 0 aliphatic carbocycles. The van der Waals surface area contributed by atoms with Gasteiger partial charge in [0.2, 0.25) is 0 Å². The van der Waals surface area contributed by atoms with E-state index in [0.29, 0.717) is 0 Å². The molecule has 0 bridgehead atoms. The average Bonchev–Trinajstić information content (AvgIpc) is 2.19. The van der Waals surface area contributed by atoms with Crippen LogP contribution in [-0.4, -0.2) is 12.7 Å². The van der Waals surface area contributed by atoms with Gasteiger partial charge in [0.05, 0.1) is 6.42 Å². The lowest BCUT2D eigenvalue weighted by Gasteiger charge is -2.15. The van der Waals surface area contributed by atoms with Crippen molar-refractivity contribution in [1.82, 2.24) is 5.32 Å². The standard InChI is InChI=1S/C11H12F5N/c1-7(17-5-4-11(14,15)16)9-6-8(12)2-3-10(9)13/h2-3,6-7,17H,4-5H2,1H3. The van der Waals surface area contributed by atoms with Gasteiger partial charge in [0.25, 0.3) is 0 Å². The number of nitrogens with one attached hydrogen (secondary N) is 1. The fraction of sp³-hybridized carbons (Fsp3) is 0.455. The van der Waals surface area contributed by atoms with Crippen LogP contribution in [0.4, 0.5) is 22.0 Å². The minimum absolute atomic E-state index is 0.0205. The van der Waals surface area contributed by atoms with Crippen molar-refractivity contribution in [2.75, 3.05) is 6.54 Å². The number of rotatable bonds is 4. The number of alkyl halides is 3. The predicted molar refractivity (Wildman–Crippen MR) is 53.4 cm³/mol. The second-order valence-corrected chi connectivity index (χ2v) is 3.71. The van der Waals surface area contributed by atoms with E-state index >= 15 is 0 Å². The third-order valence-corrected chi connectivity index (χ3v) is 2.28. The van der Waals surface area contributed by atoms with Gasteiger partial charge in [0.1, 0.15) is 11.6 Å². The quantitative estimate of drug-likeness (QED) is 0.809. The van der Waals surface area contributed by atoms with Crippen molar-refractivity contribution in [2.45, 2.75) is 25.6 Å². The highest BCUT2D eigenvalue weighted by Crippen LogP contribution is 2.21. The normalized spacial score (nSPS) is 13.8. The van der Waals surface area contributed by atoms with Gasteiger partial charge in [-0.3, -0.25) is 0 Å². The molecule has 0 spiro atoms. The molecule has 0 radical (unpaired) electrons. The molecule has 1 aromatic rings. The fourth-order valence-electron chi connectivity index (χ4n) is 1.39. The summed E-state index contributed by atoms with van der Waals surface area (Å²) >= 11 is 0. The Hall–Kier alpha value is -1.17. The molecular weight excluding hydrogens is 241 g/mol. The molecule has 0 aromatic heterocycles. The summed E-state index contributed by atoms with van der Waals surface area (Å²) in [7, 11) is 0. The van der Waals surface area contributed by atoms with E-state index in [4.69, 9.17) is 0 Å². The maximum absolute atomic E-state index is 13.3. The van der Waals surface area contributed by atoms with Gasteiger partial charge >= 0.3 is 6.18 Å². The Morgan fingerprint density at radius 3 is 2.47 bits per heavy atom. The van der Waals surface area contributed by atoms with E-state index in [0.717, 1.165) is 18.2 Å². The molecule has 0 aliphatic rings. The van der Waals surface area contributed by atoms with E-state index in [1.54, 1.807) is 0 Å². The first kappa shape index (κ1) is 13.9. The van der Waals surface area contributed by atoms with E-state index in [1.165, 1.54) is 6.92 Å². The van der Waals surface area contributed by atoms with E-state index in [2.05, 4.69) is 5.32 Å². The minimum atomic E-state index is -4.26. The molecule has 0 saturated carbocycles. The Morgan fingerprint density at radius 1 is 1.24 bits per heavy atom. The molecule has 0 fully saturated rings. The fourth-order valence-corrected chi connectivity index (χ4v) is 1.39. The zero-order chi connectivity index (χ0) is 13.1. The maximum atomic E-state index is 13.3. The van der Waals surface area contributed by atoms with Crippen LogP contribution in [0.1, 0.15) is 24.9 Å². The summed E-state index contributed by atoms with van der Waals surface area (Å²) in [5, 5.41) is 2.50. The smallest absolute Gasteiger partial charge is 0.310 e. The first-order valence-corrected chi connectivity index (χ1v) is 5.04. The first-order valence-electron chi connectivity index (χ1n) is 5.04. The lowest BCUT2D eigenvalue weighted by atomic mass is 10.1. The number of halogens is 5. The van der Waals surface area contributed by atoms with Crippen LogP contribution in [0.5, 0.6) is 0 Å². The van der Waals surface area contributed by atoms with Crippen molar-refractivity contribution in [2.24, 2.45) is 0 Å². The Morgan fingerprint density at radius 2 is 1.88 bits per heavy atom. The monoisotopic (exact) mass is 253 g/mol. The van der Waals surface area contributed by atoms with Crippen LogP contribution in [0, 0.1) is 11.6 Å². The summed E-state index contributed by atoms with van der Waals surface area (Å²) in [6.45, 7) is 1.15. The van der Waals surface area contributed by atoms with Crippen molar-refractivity contribution >= 4 is 0 Å². The summed E-state index contributed by atoms with van der Waals surface area (Å²) < 4.78 is 61.7. The van der Waals surface area contributed by atoms with Gasteiger partial charge in [-0.1, -0.05) is 0 Å². The summed E-state index contributed by atoms with van der Waals surface area (Å²) in [6, 6.07) is 2.21. The summed E-state index contributed by atoms with van der Waals surface area (Å²) in [6.07, 6.45) is -5.26. The molecule has 0 amide bonds. The molecular formula is C11H12F5N. The number of benzene rings is 1. The highest BCUT2D eigenvalue weighted by Gasteiger charge is 2.26. The van der Waals surface area contributed by atoms with Crippen LogP contribution >= 0.6 is 0 Å². The molecule has 0 heterocycles. The van der Waals surface area contributed by atoms with Crippen LogP contribution in [0.25, 0.3) is 0 Å². The first-order chi connectivity index (χ1) is 7.79. The van der Waals surface area contributed by atoms with Crippen molar-refractivity contribution in [3.63, 3.8) is 0 Å². The van der Waals surface area contributed by atoms with Gasteiger partial charge in [-0.15, -0.1) is 0 Å². The summed E-state index contributed by atoms with van der Waals surface area (Å²) in [4.78, 5) is 0. The third-order valence-electron chi connectivity index (χ3n) is 2.28. The molecule has 1 atom stereocenters. The van der Waals surface area contributed by atoms with Gasteiger partial charge in [-0.25, -0.2) is 8.78 Å². The molecule has 17 heavy (non-hydrogen) atoms. The summed E-state index contributed by atoms with van der Waals surface area (Å²) in [5.41, 5.74) is 0.0205. The molecule has 1 nitrogen and oxygen atoms in total. The van der Waals surface area contributed by atoms with E-state index in [9.17, 15) is 22.0 Å². The maximum Gasteiger partial charge on any atom is 0.390 e. The highest BCUT2D eigenvalue weighted by molar-refractivity contribution is 5.21. The molecule has 1 unspecified atom stereocenters. The highest BCUT2D eigenvalue weighted by atomic mass is 19.4. The lowest BCUT2D eigenvalue weighted by molar-refractivity contribution is -0.133. The van der Waals surface area contributed by atoms with E-state index in [-0.39, 0.29) is 12.1 Å². The number of hydrogen-bond acceptors (Lipinski definition) is 1. The van der Waals surface area contributed by atoms with Crippen molar-refractivity contribution in [3.05, 3.63) is 35.4 Å². The zero-order valence-electron chi connectivity index (χ0n) is 9.11. The Labute approximate surface area is 95.6 Å². The van der Waals surface area contributed by atoms with Crippen molar-refractivity contribution in [1.29, 1.82) is 0 Å². The molecule has 0 aliphatic heterocycles. The topological polar surface area (TPSA) is 12.0 Å². The SMILES string of the molecule is CC(NCCC(F)(F)F)c1cc(F)ccc1F. The van der Waals surface area contributed by atoms with Crippen molar-refractivity contribution in [3.8, 4) is 0 Å². The van der Waals surface area contributed by atoms with Crippen LogP contribution in [-0.2, 0) is 0 Å². The van der Waals surface area contributed by atoms with Crippen molar-refractivity contribution < 1.29 is 22.0 Å². The lowest BCUT2D eigenvalue weighted by Crippen LogP contribution is -2.25. The molecule has 96 valence electrons. The van der Waals surface area contributed by atoms with E-state index in [1.807, 2.05) is 0 Å². The average molecular weight is 253 g/mol. The second kappa shape index (κ2) is 5.44. The molecule has 6 heteroatoms. The third kappa shape index (κ3) is 4.68. The predicted octanol–water partition coefficient (Wildman–Crippen LogP) is 3.57. The Kier molecular flexibility index (Phi) is 4.45. The van der Waals surface area contributed by atoms with Crippen LogP contribution < -0.4 is 5.32 Å². The molecule has 0 saturated heterocycles. The van der Waals surface area contributed by atoms with Gasteiger partial charge in [0.15, 0.2) is 0 Å². The Bertz CT molecular complexity index is 375. The van der Waals surface area contributed by atoms with Crippen LogP contribution in [0.2, 0.25) is 0 Å². The van der Waals surface area contributed by atoms with Gasteiger partial charge in [0, 0.05) is 18.2 Å². The number of hydrogen-bond donors (Lipinski definition) is 1. The molecule has 1 aromatic carbocycles. The summed E-state index contributed by atoms with van der Waals surface area (Å²) in [5.74, 6) is -1.26. The van der Waals surface area contributed by atoms with Gasteiger partial charge < -0.3 is 5.32 Å². The zero-order valence-corrected chi connectivity index (χ0v) is 9.11.